The lowest BCUT2D eigenvalue weighted by molar-refractivity contribution is -0.138. The molecule has 1 rings (SSSR count). The fraction of sp³-hybridized carbons (Fsp3) is 0.222. The van der Waals surface area contributed by atoms with Gasteiger partial charge in [-0.15, -0.1) is 0 Å². The maximum absolute atomic E-state index is 13.4. The molecule has 0 aliphatic carbocycles. The molecule has 0 aromatic heterocycles. The first-order valence-electron chi connectivity index (χ1n) is 3.93. The van der Waals surface area contributed by atoms with Gasteiger partial charge < -0.3 is 0 Å². The number of alkyl halides is 4. The Morgan fingerprint density at radius 1 is 1.38 bits per heavy atom. The Morgan fingerprint density at radius 3 is 2.38 bits per heavy atom. The van der Waals surface area contributed by atoms with Crippen molar-refractivity contribution in [1.29, 1.82) is 0 Å². The third-order valence-electron chi connectivity index (χ3n) is 1.80. The van der Waals surface area contributed by atoms with Gasteiger partial charge in [-0.2, -0.15) is 13.2 Å². The average Bonchev–Trinajstić information content (AvgIpc) is 2.19. The molecule has 0 saturated carbocycles. The van der Waals surface area contributed by atoms with Crippen LogP contribution in [0, 0.1) is 5.82 Å². The molecule has 0 aliphatic rings. The van der Waals surface area contributed by atoms with Crippen LogP contribution >= 0.6 is 27.5 Å². The van der Waals surface area contributed by atoms with E-state index in [1.807, 2.05) is 0 Å². The summed E-state index contributed by atoms with van der Waals surface area (Å²) in [6, 6.07) is 1.35. The van der Waals surface area contributed by atoms with Crippen LogP contribution < -0.4 is 0 Å². The Bertz CT molecular complexity index is 430. The van der Waals surface area contributed by atoms with Crippen molar-refractivity contribution in [2.45, 2.75) is 6.18 Å². The van der Waals surface area contributed by atoms with Crippen molar-refractivity contribution in [3.63, 3.8) is 0 Å². The molecular weight excluding hydrogens is 315 g/mol. The summed E-state index contributed by atoms with van der Waals surface area (Å²) in [5.41, 5.74) is -2.35. The number of benzene rings is 1. The van der Waals surface area contributed by atoms with Gasteiger partial charge in [0, 0.05) is 0 Å². The van der Waals surface area contributed by atoms with Gasteiger partial charge >= 0.3 is 6.18 Å². The van der Waals surface area contributed by atoms with Crippen molar-refractivity contribution in [2.75, 3.05) is 5.33 Å². The molecule has 0 aliphatic heterocycles. The lowest BCUT2D eigenvalue weighted by Crippen LogP contribution is -2.16. The minimum atomic E-state index is -4.79. The molecule has 1 aromatic carbocycles. The zero-order valence-corrected chi connectivity index (χ0v) is 9.88. The van der Waals surface area contributed by atoms with Crippen molar-refractivity contribution in [2.24, 2.45) is 0 Å². The quantitative estimate of drug-likeness (QED) is 0.456. The predicted octanol–water partition coefficient (Wildman–Crippen LogP) is 4.08. The number of carbonyl (C=O) groups is 1. The van der Waals surface area contributed by atoms with E-state index in [0.29, 0.717) is 6.07 Å². The topological polar surface area (TPSA) is 17.1 Å². The number of hydrogen-bond acceptors (Lipinski definition) is 1. The smallest absolute Gasteiger partial charge is 0.293 e. The minimum absolute atomic E-state index is 0.409. The number of ketones is 1. The molecular formula is C9H4BrClF4O. The van der Waals surface area contributed by atoms with Crippen LogP contribution in [-0.2, 0) is 6.18 Å². The van der Waals surface area contributed by atoms with Crippen LogP contribution in [0.25, 0.3) is 0 Å². The van der Waals surface area contributed by atoms with E-state index in [2.05, 4.69) is 15.9 Å². The van der Waals surface area contributed by atoms with Gasteiger partial charge in [0.15, 0.2) is 11.6 Å². The van der Waals surface area contributed by atoms with E-state index in [1.54, 1.807) is 0 Å². The fourth-order valence-corrected chi connectivity index (χ4v) is 1.56. The molecule has 0 fully saturated rings. The number of halogens is 6. The monoisotopic (exact) mass is 318 g/mol. The molecule has 1 nitrogen and oxygen atoms in total. The normalized spacial score (nSPS) is 11.6. The molecule has 0 atom stereocenters. The summed E-state index contributed by atoms with van der Waals surface area (Å²) >= 11 is 8.01. The Hall–Kier alpha value is -0.620. The first-order valence-corrected chi connectivity index (χ1v) is 5.43. The maximum atomic E-state index is 13.4. The molecule has 0 spiro atoms. The van der Waals surface area contributed by atoms with Gasteiger partial charge in [0.05, 0.1) is 21.5 Å². The molecule has 16 heavy (non-hydrogen) atoms. The molecule has 0 bridgehead atoms. The number of rotatable bonds is 2. The zero-order chi connectivity index (χ0) is 12.5. The Balaban J connectivity index is 3.51. The molecule has 0 amide bonds. The van der Waals surface area contributed by atoms with Crippen molar-refractivity contribution in [1.82, 2.24) is 0 Å². The second-order valence-corrected chi connectivity index (χ2v) is 3.81. The first-order chi connectivity index (χ1) is 7.29. The van der Waals surface area contributed by atoms with Crippen LogP contribution in [-0.4, -0.2) is 11.1 Å². The third kappa shape index (κ3) is 2.55. The lowest BCUT2D eigenvalue weighted by Gasteiger charge is -2.12. The van der Waals surface area contributed by atoms with E-state index >= 15 is 0 Å². The van der Waals surface area contributed by atoms with E-state index < -0.39 is 39.3 Å². The van der Waals surface area contributed by atoms with Gasteiger partial charge in [-0.1, -0.05) is 27.5 Å². The molecule has 0 radical (unpaired) electrons. The number of Topliss-reactive ketones (excluding diaryl/α,β-unsaturated/α-hetero) is 1. The van der Waals surface area contributed by atoms with Crippen molar-refractivity contribution < 1.29 is 22.4 Å². The lowest BCUT2D eigenvalue weighted by atomic mass is 10.0. The van der Waals surface area contributed by atoms with Crippen LogP contribution in [0.3, 0.4) is 0 Å². The summed E-state index contributed by atoms with van der Waals surface area (Å²) in [7, 11) is 0. The van der Waals surface area contributed by atoms with Gasteiger partial charge in [0.25, 0.3) is 0 Å². The molecule has 1 aromatic rings. The summed E-state index contributed by atoms with van der Waals surface area (Å²) in [6.07, 6.45) is -4.79. The SMILES string of the molecule is O=C(CBr)c1c(C(F)(F)F)ccc(Cl)c1F. The van der Waals surface area contributed by atoms with Crippen LogP contribution in [0.15, 0.2) is 12.1 Å². The molecule has 0 heterocycles. The first kappa shape index (κ1) is 13.4. The van der Waals surface area contributed by atoms with Crippen LogP contribution in [0.2, 0.25) is 5.02 Å². The van der Waals surface area contributed by atoms with Crippen LogP contribution in [0.5, 0.6) is 0 Å². The summed E-state index contributed by atoms with van der Waals surface area (Å²) in [4.78, 5) is 11.2. The highest BCUT2D eigenvalue weighted by Gasteiger charge is 2.37. The van der Waals surface area contributed by atoms with E-state index in [4.69, 9.17) is 11.6 Å². The van der Waals surface area contributed by atoms with Gasteiger partial charge in [0.2, 0.25) is 0 Å². The summed E-state index contributed by atoms with van der Waals surface area (Å²) < 4.78 is 50.8. The predicted molar refractivity (Wildman–Crippen MR) is 54.5 cm³/mol. The number of carbonyl (C=O) groups excluding carboxylic acids is 1. The largest absolute Gasteiger partial charge is 0.417 e. The molecule has 7 heteroatoms. The zero-order valence-electron chi connectivity index (χ0n) is 7.54. The average molecular weight is 319 g/mol. The highest BCUT2D eigenvalue weighted by atomic mass is 79.9. The van der Waals surface area contributed by atoms with Gasteiger partial charge in [0.1, 0.15) is 0 Å². The van der Waals surface area contributed by atoms with Crippen molar-refractivity contribution >= 4 is 33.3 Å². The van der Waals surface area contributed by atoms with Gasteiger partial charge in [-0.05, 0) is 12.1 Å². The van der Waals surface area contributed by atoms with Crippen molar-refractivity contribution in [3.8, 4) is 0 Å². The van der Waals surface area contributed by atoms with E-state index in [9.17, 15) is 22.4 Å². The maximum Gasteiger partial charge on any atom is 0.417 e. The number of hydrogen-bond donors (Lipinski definition) is 0. The molecule has 0 N–H and O–H groups in total. The molecule has 0 unspecified atom stereocenters. The second kappa shape index (κ2) is 4.71. The van der Waals surface area contributed by atoms with E-state index in [-0.39, 0.29) is 0 Å². The second-order valence-electron chi connectivity index (χ2n) is 2.84. The highest BCUT2D eigenvalue weighted by Crippen LogP contribution is 2.35. The standard InChI is InChI=1S/C9H4BrClF4O/c10-3-6(16)7-4(9(13,14)15)1-2-5(11)8(7)12/h1-2H,3H2. The van der Waals surface area contributed by atoms with E-state index in [0.717, 1.165) is 6.07 Å². The minimum Gasteiger partial charge on any atom is -0.293 e. The van der Waals surface area contributed by atoms with Crippen molar-refractivity contribution in [3.05, 3.63) is 34.1 Å². The summed E-state index contributed by atoms with van der Waals surface area (Å²) in [5.74, 6) is -2.35. The Kier molecular flexibility index (Phi) is 3.96. The fourth-order valence-electron chi connectivity index (χ4n) is 1.13. The molecule has 0 saturated heterocycles. The van der Waals surface area contributed by atoms with Crippen LogP contribution in [0.1, 0.15) is 15.9 Å². The highest BCUT2D eigenvalue weighted by molar-refractivity contribution is 9.09. The summed E-state index contributed by atoms with van der Waals surface area (Å²) in [6.45, 7) is 0. The summed E-state index contributed by atoms with van der Waals surface area (Å²) in [5, 5.41) is -0.926. The van der Waals surface area contributed by atoms with E-state index in [1.165, 1.54) is 0 Å². The third-order valence-corrected chi connectivity index (χ3v) is 2.60. The molecule has 88 valence electrons. The van der Waals surface area contributed by atoms with Crippen LogP contribution in [0.4, 0.5) is 17.6 Å². The Morgan fingerprint density at radius 2 is 1.94 bits per heavy atom. The van der Waals surface area contributed by atoms with Gasteiger partial charge in [-0.3, -0.25) is 4.79 Å². The Labute approximate surface area is 102 Å². The van der Waals surface area contributed by atoms with Gasteiger partial charge in [-0.25, -0.2) is 4.39 Å².